The van der Waals surface area contributed by atoms with Crippen LogP contribution in [0.4, 0.5) is 11.4 Å². The third-order valence-electron chi connectivity index (χ3n) is 4.01. The Morgan fingerprint density at radius 1 is 1.32 bits per heavy atom. The minimum absolute atomic E-state index is 0.00908. The first-order valence-electron chi connectivity index (χ1n) is 6.43. The van der Waals surface area contributed by atoms with E-state index < -0.39 is 4.92 Å². The number of rotatable bonds is 2. The number of benzene rings is 1. The molecule has 2 saturated heterocycles. The van der Waals surface area contributed by atoms with Crippen molar-refractivity contribution in [2.24, 2.45) is 0 Å². The molecule has 6 nitrogen and oxygen atoms in total. The zero-order valence-corrected chi connectivity index (χ0v) is 10.7. The fraction of sp³-hybridized carbons (Fsp3) is 0.462. The van der Waals surface area contributed by atoms with Crippen LogP contribution >= 0.6 is 0 Å². The summed E-state index contributed by atoms with van der Waals surface area (Å²) < 4.78 is 0. The summed E-state index contributed by atoms with van der Waals surface area (Å²) in [6.07, 6.45) is 2.00. The molecule has 2 aliphatic rings. The van der Waals surface area contributed by atoms with Crippen molar-refractivity contribution >= 4 is 17.3 Å². The maximum atomic E-state index is 12.4. The Bertz CT molecular complexity index is 528. The highest BCUT2D eigenvalue weighted by Gasteiger charge is 2.46. The zero-order valence-electron chi connectivity index (χ0n) is 10.7. The van der Waals surface area contributed by atoms with E-state index in [0.717, 1.165) is 25.1 Å². The quantitative estimate of drug-likeness (QED) is 0.601. The Morgan fingerprint density at radius 2 is 2.00 bits per heavy atom. The molecule has 0 saturated carbocycles. The molecule has 3 rings (SSSR count). The molecular weight excluding hydrogens is 246 g/mol. The zero-order chi connectivity index (χ0) is 13.6. The van der Waals surface area contributed by atoms with Gasteiger partial charge in [0.1, 0.15) is 0 Å². The summed E-state index contributed by atoms with van der Waals surface area (Å²) >= 11 is 0. The van der Waals surface area contributed by atoms with E-state index in [2.05, 4.69) is 4.90 Å². The van der Waals surface area contributed by atoms with Crippen LogP contribution in [0.25, 0.3) is 0 Å². The number of nitro benzene ring substituents is 1. The van der Waals surface area contributed by atoms with E-state index in [-0.39, 0.29) is 23.8 Å². The van der Waals surface area contributed by atoms with E-state index in [0.29, 0.717) is 0 Å². The molecule has 2 atom stereocenters. The van der Waals surface area contributed by atoms with Crippen molar-refractivity contribution in [1.82, 2.24) is 4.90 Å². The van der Waals surface area contributed by atoms with Crippen molar-refractivity contribution in [2.75, 3.05) is 11.4 Å². The van der Waals surface area contributed by atoms with Crippen LogP contribution in [0.1, 0.15) is 19.8 Å². The predicted molar refractivity (Wildman–Crippen MR) is 69.8 cm³/mol. The maximum Gasteiger partial charge on any atom is 0.269 e. The average Bonchev–Trinajstić information content (AvgIpc) is 2.95. The van der Waals surface area contributed by atoms with Crippen LogP contribution in [-0.2, 0) is 4.79 Å². The number of hydrogen-bond acceptors (Lipinski definition) is 4. The summed E-state index contributed by atoms with van der Waals surface area (Å²) in [6.45, 7) is 2.95. The first-order valence-corrected chi connectivity index (χ1v) is 6.43. The van der Waals surface area contributed by atoms with Gasteiger partial charge < -0.3 is 0 Å². The second-order valence-electron chi connectivity index (χ2n) is 5.01. The van der Waals surface area contributed by atoms with E-state index >= 15 is 0 Å². The van der Waals surface area contributed by atoms with E-state index in [1.54, 1.807) is 17.0 Å². The highest BCUT2D eigenvalue weighted by molar-refractivity contribution is 6.00. The average molecular weight is 261 g/mol. The van der Waals surface area contributed by atoms with E-state index in [1.165, 1.54) is 12.1 Å². The third-order valence-corrected chi connectivity index (χ3v) is 4.01. The Morgan fingerprint density at radius 3 is 2.58 bits per heavy atom. The number of carbonyl (C=O) groups excluding carboxylic acids is 1. The van der Waals surface area contributed by atoms with Crippen LogP contribution in [0.3, 0.4) is 0 Å². The third kappa shape index (κ3) is 1.79. The van der Waals surface area contributed by atoms with E-state index in [1.807, 2.05) is 6.92 Å². The number of nitrogens with zero attached hydrogens (tertiary/aromatic N) is 3. The summed E-state index contributed by atoms with van der Waals surface area (Å²) in [5.41, 5.74) is 0.779. The lowest BCUT2D eigenvalue weighted by Crippen LogP contribution is -2.37. The summed E-state index contributed by atoms with van der Waals surface area (Å²) in [5, 5.41) is 10.6. The van der Waals surface area contributed by atoms with Crippen LogP contribution in [0.15, 0.2) is 24.3 Å². The molecule has 2 aliphatic heterocycles. The van der Waals surface area contributed by atoms with Gasteiger partial charge in [0.2, 0.25) is 5.91 Å². The van der Waals surface area contributed by atoms with Crippen molar-refractivity contribution in [3.8, 4) is 0 Å². The van der Waals surface area contributed by atoms with Gasteiger partial charge in [-0.15, -0.1) is 0 Å². The Hall–Kier alpha value is -1.95. The van der Waals surface area contributed by atoms with Crippen molar-refractivity contribution in [1.29, 1.82) is 0 Å². The molecule has 0 unspecified atom stereocenters. The largest absolute Gasteiger partial charge is 0.295 e. The molecule has 6 heteroatoms. The number of amides is 1. The maximum absolute atomic E-state index is 12.4. The second kappa shape index (κ2) is 4.31. The topological polar surface area (TPSA) is 66.7 Å². The molecule has 1 amide bonds. The standard InChI is InChI=1S/C13H15N3O3/c1-9-14-8-2-3-12(14)13(17)15(9)10-4-6-11(7-5-10)16(18)19/h4-7,9,12H,2-3,8H2,1H3/t9-,12+/m1/s1. The molecule has 100 valence electrons. The number of non-ortho nitro benzene ring substituents is 1. The Kier molecular flexibility index (Phi) is 2.74. The van der Waals surface area contributed by atoms with Crippen LogP contribution in [0.2, 0.25) is 0 Å². The van der Waals surface area contributed by atoms with Crippen LogP contribution in [0.5, 0.6) is 0 Å². The summed E-state index contributed by atoms with van der Waals surface area (Å²) in [6, 6.07) is 6.17. The molecule has 0 N–H and O–H groups in total. The molecule has 2 fully saturated rings. The number of carbonyl (C=O) groups is 1. The van der Waals surface area contributed by atoms with E-state index in [9.17, 15) is 14.9 Å². The second-order valence-corrected chi connectivity index (χ2v) is 5.01. The smallest absolute Gasteiger partial charge is 0.269 e. The molecule has 0 radical (unpaired) electrons. The first-order chi connectivity index (χ1) is 9.09. The van der Waals surface area contributed by atoms with Gasteiger partial charge in [-0.3, -0.25) is 24.7 Å². The monoisotopic (exact) mass is 261 g/mol. The van der Waals surface area contributed by atoms with Crippen molar-refractivity contribution in [2.45, 2.75) is 32.0 Å². The van der Waals surface area contributed by atoms with Gasteiger partial charge in [0.15, 0.2) is 0 Å². The number of fused-ring (bicyclic) bond motifs is 1. The summed E-state index contributed by atoms with van der Waals surface area (Å²) in [5.74, 6) is 0.110. The van der Waals surface area contributed by atoms with Gasteiger partial charge in [-0.05, 0) is 31.9 Å². The number of nitro groups is 1. The molecule has 1 aromatic carbocycles. The Labute approximate surface area is 110 Å². The molecule has 0 spiro atoms. The lowest BCUT2D eigenvalue weighted by atomic mass is 10.2. The van der Waals surface area contributed by atoms with Crippen molar-refractivity contribution in [3.05, 3.63) is 34.4 Å². The minimum Gasteiger partial charge on any atom is -0.295 e. The fourth-order valence-electron chi connectivity index (χ4n) is 3.07. The lowest BCUT2D eigenvalue weighted by molar-refractivity contribution is -0.384. The normalized spacial score (nSPS) is 26.8. The first kappa shape index (κ1) is 12.1. The number of anilines is 1. The SMILES string of the molecule is C[C@H]1N(c2ccc([N+](=O)[O-])cc2)C(=O)[C@@H]2CCCN21. The van der Waals surface area contributed by atoms with Crippen LogP contribution < -0.4 is 4.90 Å². The lowest BCUT2D eigenvalue weighted by Gasteiger charge is -2.25. The molecule has 2 heterocycles. The van der Waals surface area contributed by atoms with Crippen LogP contribution in [0, 0.1) is 10.1 Å². The molecule has 0 bridgehead atoms. The van der Waals surface area contributed by atoms with Crippen molar-refractivity contribution < 1.29 is 9.72 Å². The van der Waals surface area contributed by atoms with Gasteiger partial charge in [-0.2, -0.15) is 0 Å². The Balaban J connectivity index is 1.90. The van der Waals surface area contributed by atoms with Gasteiger partial charge in [0.05, 0.1) is 17.1 Å². The summed E-state index contributed by atoms with van der Waals surface area (Å²) in [4.78, 5) is 26.5. The van der Waals surface area contributed by atoms with Gasteiger partial charge >= 0.3 is 0 Å². The minimum atomic E-state index is -0.433. The number of hydrogen-bond donors (Lipinski definition) is 0. The molecule has 1 aromatic rings. The summed E-state index contributed by atoms with van der Waals surface area (Å²) in [7, 11) is 0. The molecule has 0 aromatic heterocycles. The molecule has 19 heavy (non-hydrogen) atoms. The highest BCUT2D eigenvalue weighted by atomic mass is 16.6. The van der Waals surface area contributed by atoms with Gasteiger partial charge in [0, 0.05) is 24.4 Å². The molecule has 0 aliphatic carbocycles. The molecular formula is C13H15N3O3. The van der Waals surface area contributed by atoms with Gasteiger partial charge in [-0.25, -0.2) is 0 Å². The van der Waals surface area contributed by atoms with Crippen LogP contribution in [-0.4, -0.2) is 34.5 Å². The predicted octanol–water partition coefficient (Wildman–Crippen LogP) is 1.75. The van der Waals surface area contributed by atoms with Gasteiger partial charge in [0.25, 0.3) is 5.69 Å². The fourth-order valence-corrected chi connectivity index (χ4v) is 3.07. The van der Waals surface area contributed by atoms with E-state index in [4.69, 9.17) is 0 Å². The highest BCUT2D eigenvalue weighted by Crippen LogP contribution is 2.34. The van der Waals surface area contributed by atoms with Gasteiger partial charge in [-0.1, -0.05) is 0 Å². The van der Waals surface area contributed by atoms with Crippen molar-refractivity contribution in [3.63, 3.8) is 0 Å².